The first-order chi connectivity index (χ1) is 13.2. The van der Waals surface area contributed by atoms with Crippen molar-refractivity contribution in [3.8, 4) is 0 Å². The first-order valence-electron chi connectivity index (χ1n) is 10.3. The van der Waals surface area contributed by atoms with Crippen LogP contribution in [0.3, 0.4) is 0 Å². The molecule has 27 heavy (non-hydrogen) atoms. The molecule has 2 amide bonds. The molecule has 2 fully saturated rings. The summed E-state index contributed by atoms with van der Waals surface area (Å²) in [4.78, 5) is 14.8. The first kappa shape index (κ1) is 18.1. The minimum atomic E-state index is 0. The Morgan fingerprint density at radius 3 is 2.48 bits per heavy atom. The molecule has 2 aromatic rings. The highest BCUT2D eigenvalue weighted by molar-refractivity contribution is 5.74. The van der Waals surface area contributed by atoms with E-state index in [0.717, 1.165) is 32.5 Å². The lowest BCUT2D eigenvalue weighted by Crippen LogP contribution is -2.51. The number of rotatable bonds is 4. The van der Waals surface area contributed by atoms with Crippen molar-refractivity contribution < 1.29 is 6.22 Å². The van der Waals surface area contributed by atoms with E-state index in [1.54, 1.807) is 0 Å². The van der Waals surface area contributed by atoms with E-state index in [2.05, 4.69) is 72.9 Å². The highest BCUT2D eigenvalue weighted by atomic mass is 16.2. The van der Waals surface area contributed by atoms with Crippen LogP contribution in [-0.4, -0.2) is 30.6 Å². The number of hydrogen-bond donors (Lipinski definition) is 1. The van der Waals surface area contributed by atoms with Crippen LogP contribution in [0.2, 0.25) is 0 Å². The van der Waals surface area contributed by atoms with Crippen LogP contribution in [0.4, 0.5) is 4.79 Å². The summed E-state index contributed by atoms with van der Waals surface area (Å²) >= 11 is 0. The van der Waals surface area contributed by atoms with Gasteiger partial charge in [0.15, 0.2) is 0 Å². The average molecular weight is 365 g/mol. The number of benzene rings is 2. The first-order valence-corrected chi connectivity index (χ1v) is 10.3. The monoisotopic (exact) mass is 364 g/mol. The lowest BCUT2D eigenvalue weighted by atomic mass is 9.70. The van der Waals surface area contributed by atoms with Gasteiger partial charge in [-0.3, -0.25) is 0 Å². The molecular weight excluding hydrogens is 332 g/mol. The van der Waals surface area contributed by atoms with E-state index in [1.807, 2.05) is 4.90 Å². The number of nitrogens with one attached hydrogen (secondary N) is 1. The molecule has 3 atom stereocenters. The van der Waals surface area contributed by atoms with E-state index in [4.69, 9.17) is 0 Å². The zero-order valence-corrected chi connectivity index (χ0v) is 16.2. The van der Waals surface area contributed by atoms with Crippen molar-refractivity contribution in [2.75, 3.05) is 19.6 Å². The maximum Gasteiger partial charge on any atom is 0.317 e. The van der Waals surface area contributed by atoms with Crippen molar-refractivity contribution in [3.63, 3.8) is 0 Å². The van der Waals surface area contributed by atoms with E-state index >= 15 is 0 Å². The van der Waals surface area contributed by atoms with Gasteiger partial charge in [-0.15, -0.1) is 0 Å². The predicted molar refractivity (Wildman–Crippen MR) is 112 cm³/mol. The van der Waals surface area contributed by atoms with Crippen molar-refractivity contribution in [2.24, 2.45) is 5.92 Å². The molecule has 0 bridgehead atoms. The summed E-state index contributed by atoms with van der Waals surface area (Å²) in [7, 11) is 0. The Morgan fingerprint density at radius 2 is 1.81 bits per heavy atom. The molecule has 1 unspecified atom stereocenters. The predicted octanol–water partition coefficient (Wildman–Crippen LogP) is 5.19. The van der Waals surface area contributed by atoms with E-state index in [1.165, 1.54) is 24.0 Å². The Bertz CT molecular complexity index is 767. The topological polar surface area (TPSA) is 32.3 Å². The van der Waals surface area contributed by atoms with Gasteiger partial charge in [-0.25, -0.2) is 4.79 Å². The fourth-order valence-corrected chi connectivity index (χ4v) is 4.77. The molecule has 1 N–H and O–H groups in total. The standard InChI is InChI=1S/C24H30N2O.H2/c1-24(21-11-6-3-7-12-21)15-8-16-26(18-24)23(27)25-17-20-13-14-22(20)19-9-4-2-5-10-19;/h2-7,9-12,20,22H,8,13-18H2,1H3,(H,25,27);1H/t20-,22-,24?;/m1./s1. The maximum atomic E-state index is 12.8. The highest BCUT2D eigenvalue weighted by Crippen LogP contribution is 2.42. The second-order valence-electron chi connectivity index (χ2n) is 8.49. The summed E-state index contributed by atoms with van der Waals surface area (Å²) in [5.74, 6) is 1.17. The van der Waals surface area contributed by atoms with Gasteiger partial charge in [0.1, 0.15) is 0 Å². The number of nitrogens with zero attached hydrogens (tertiary/aromatic N) is 1. The van der Waals surface area contributed by atoms with Crippen LogP contribution in [0.1, 0.15) is 51.1 Å². The molecule has 0 radical (unpaired) electrons. The molecule has 1 aliphatic heterocycles. The third-order valence-corrected chi connectivity index (χ3v) is 6.62. The number of hydrogen-bond acceptors (Lipinski definition) is 1. The Morgan fingerprint density at radius 1 is 1.11 bits per heavy atom. The summed E-state index contributed by atoms with van der Waals surface area (Å²) in [6.07, 6.45) is 4.65. The quantitative estimate of drug-likeness (QED) is 0.795. The zero-order chi connectivity index (χ0) is 18.7. The summed E-state index contributed by atoms with van der Waals surface area (Å²) in [5, 5.41) is 3.23. The molecule has 0 spiro atoms. The molecule has 4 rings (SSSR count). The van der Waals surface area contributed by atoms with E-state index < -0.39 is 0 Å². The molecule has 2 aliphatic rings. The SMILES string of the molecule is CC1(c2ccccc2)CCCN(C(=O)NC[C@H]2CC[C@@H]2c2ccccc2)C1.[HH]. The number of carbonyl (C=O) groups excluding carboxylic acids is 1. The molecule has 1 heterocycles. The second kappa shape index (κ2) is 7.75. The number of urea groups is 1. The third kappa shape index (κ3) is 3.87. The van der Waals surface area contributed by atoms with Crippen molar-refractivity contribution in [1.29, 1.82) is 0 Å². The van der Waals surface area contributed by atoms with Gasteiger partial charge in [-0.1, -0.05) is 67.6 Å². The van der Waals surface area contributed by atoms with Gasteiger partial charge in [-0.05, 0) is 48.6 Å². The number of piperidine rings is 1. The lowest BCUT2D eigenvalue weighted by molar-refractivity contribution is 0.150. The Hall–Kier alpha value is -2.29. The molecule has 1 aliphatic carbocycles. The number of likely N-dealkylation sites (tertiary alicyclic amines) is 1. The number of carbonyl (C=O) groups is 1. The molecule has 3 heteroatoms. The molecule has 144 valence electrons. The van der Waals surface area contributed by atoms with Crippen LogP contribution in [0.25, 0.3) is 0 Å². The van der Waals surface area contributed by atoms with Gasteiger partial charge in [-0.2, -0.15) is 0 Å². The van der Waals surface area contributed by atoms with Crippen LogP contribution in [0.5, 0.6) is 0 Å². The molecule has 1 saturated carbocycles. The van der Waals surface area contributed by atoms with Gasteiger partial charge in [0, 0.05) is 26.5 Å². The smallest absolute Gasteiger partial charge is 0.317 e. The van der Waals surface area contributed by atoms with Gasteiger partial charge in [0.05, 0.1) is 0 Å². The van der Waals surface area contributed by atoms with Gasteiger partial charge in [0.2, 0.25) is 0 Å². The molecule has 0 aromatic heterocycles. The Balaban J connectivity index is 0.00000225. The highest BCUT2D eigenvalue weighted by Gasteiger charge is 2.36. The normalized spacial score (nSPS) is 27.7. The van der Waals surface area contributed by atoms with E-state index in [9.17, 15) is 4.79 Å². The molecular formula is C24H32N2O. The number of amides is 2. The molecule has 1 saturated heterocycles. The van der Waals surface area contributed by atoms with Crippen molar-refractivity contribution in [1.82, 2.24) is 10.2 Å². The van der Waals surface area contributed by atoms with Crippen molar-refractivity contribution in [3.05, 3.63) is 71.8 Å². The average Bonchev–Trinajstić information content (AvgIpc) is 2.69. The van der Waals surface area contributed by atoms with Gasteiger partial charge >= 0.3 is 6.03 Å². The summed E-state index contributed by atoms with van der Waals surface area (Å²) in [6, 6.07) is 21.5. The Labute approximate surface area is 164 Å². The van der Waals surface area contributed by atoms with E-state index in [0.29, 0.717) is 11.8 Å². The van der Waals surface area contributed by atoms with Crippen LogP contribution in [0.15, 0.2) is 60.7 Å². The fraction of sp³-hybridized carbons (Fsp3) is 0.458. The van der Waals surface area contributed by atoms with Crippen molar-refractivity contribution in [2.45, 2.75) is 43.9 Å². The maximum absolute atomic E-state index is 12.8. The van der Waals surface area contributed by atoms with Gasteiger partial charge in [0.25, 0.3) is 0 Å². The van der Waals surface area contributed by atoms with Crippen LogP contribution in [0, 0.1) is 5.92 Å². The minimum Gasteiger partial charge on any atom is -0.338 e. The minimum absolute atomic E-state index is 0. The third-order valence-electron chi connectivity index (χ3n) is 6.62. The fourth-order valence-electron chi connectivity index (χ4n) is 4.77. The van der Waals surface area contributed by atoms with E-state index in [-0.39, 0.29) is 12.9 Å². The Kier molecular flexibility index (Phi) is 5.20. The van der Waals surface area contributed by atoms with Gasteiger partial charge < -0.3 is 10.2 Å². The van der Waals surface area contributed by atoms with Crippen LogP contribution < -0.4 is 5.32 Å². The second-order valence-corrected chi connectivity index (χ2v) is 8.49. The van der Waals surface area contributed by atoms with Crippen LogP contribution >= 0.6 is 0 Å². The van der Waals surface area contributed by atoms with Crippen LogP contribution in [-0.2, 0) is 5.41 Å². The zero-order valence-electron chi connectivity index (χ0n) is 16.2. The molecule has 3 nitrogen and oxygen atoms in total. The van der Waals surface area contributed by atoms with Crippen molar-refractivity contribution >= 4 is 6.03 Å². The molecule has 2 aromatic carbocycles. The summed E-state index contributed by atoms with van der Waals surface area (Å²) in [6.45, 7) is 4.74. The lowest BCUT2D eigenvalue weighted by Gasteiger charge is -2.42. The largest absolute Gasteiger partial charge is 0.338 e. The summed E-state index contributed by atoms with van der Waals surface area (Å²) < 4.78 is 0. The summed E-state index contributed by atoms with van der Waals surface area (Å²) in [5.41, 5.74) is 2.81.